The minimum absolute atomic E-state index is 0.0112. The van der Waals surface area contributed by atoms with Crippen LogP contribution < -0.4 is 5.32 Å². The summed E-state index contributed by atoms with van der Waals surface area (Å²) in [5.74, 6) is -1.12. The van der Waals surface area contributed by atoms with E-state index in [4.69, 9.17) is 4.74 Å². The number of carbonyl (C=O) groups is 2. The van der Waals surface area contributed by atoms with Gasteiger partial charge in [0.2, 0.25) is 5.91 Å². The molecule has 0 spiro atoms. The normalized spacial score (nSPS) is 11.8. The van der Waals surface area contributed by atoms with E-state index in [2.05, 4.69) is 5.32 Å². The number of rotatable bonds is 9. The second kappa shape index (κ2) is 10.5. The fourth-order valence-electron chi connectivity index (χ4n) is 2.47. The fraction of sp³-hybridized carbons (Fsp3) is 0.600. The maximum atomic E-state index is 12.2. The van der Waals surface area contributed by atoms with Gasteiger partial charge in [-0.05, 0) is 38.8 Å². The van der Waals surface area contributed by atoms with Gasteiger partial charge in [0, 0.05) is 12.7 Å². The zero-order valence-corrected chi connectivity index (χ0v) is 18.3. The molecule has 0 aliphatic carbocycles. The number of ether oxygens (including phenoxy) is 1. The molecule has 0 aliphatic heterocycles. The highest BCUT2D eigenvalue weighted by molar-refractivity contribution is 7.92. The van der Waals surface area contributed by atoms with Crippen molar-refractivity contribution in [1.82, 2.24) is 4.90 Å². The molecule has 1 N–H and O–H groups in total. The Morgan fingerprint density at radius 2 is 1.79 bits per heavy atom. The molecule has 0 radical (unpaired) electrons. The van der Waals surface area contributed by atoms with Gasteiger partial charge in [-0.2, -0.15) is 0 Å². The summed E-state index contributed by atoms with van der Waals surface area (Å²) in [5, 5.41) is 2.65. The predicted octanol–water partition coefficient (Wildman–Crippen LogP) is 3.60. The van der Waals surface area contributed by atoms with Crippen LogP contribution in [-0.2, 0) is 25.9 Å². The van der Waals surface area contributed by atoms with Gasteiger partial charge in [0.25, 0.3) is 0 Å². The molecule has 8 heteroatoms. The first-order chi connectivity index (χ1) is 12.9. The van der Waals surface area contributed by atoms with Crippen LogP contribution in [0.25, 0.3) is 0 Å². The lowest BCUT2D eigenvalue weighted by Crippen LogP contribution is -2.34. The lowest BCUT2D eigenvalue weighted by molar-refractivity contribution is -0.113. The van der Waals surface area contributed by atoms with E-state index in [1.165, 1.54) is 4.90 Å². The van der Waals surface area contributed by atoms with E-state index in [-0.39, 0.29) is 12.3 Å². The number of sulfone groups is 1. The van der Waals surface area contributed by atoms with Crippen molar-refractivity contribution in [2.24, 2.45) is 0 Å². The van der Waals surface area contributed by atoms with Crippen LogP contribution in [0.1, 0.15) is 52.5 Å². The summed E-state index contributed by atoms with van der Waals surface area (Å²) in [4.78, 5) is 25.8. The summed E-state index contributed by atoms with van der Waals surface area (Å²) >= 11 is 0. The highest BCUT2D eigenvalue weighted by atomic mass is 32.2. The maximum absolute atomic E-state index is 12.2. The van der Waals surface area contributed by atoms with Crippen LogP contribution in [0.3, 0.4) is 0 Å². The highest BCUT2D eigenvalue weighted by Gasteiger charge is 2.21. The van der Waals surface area contributed by atoms with Crippen molar-refractivity contribution in [2.45, 2.75) is 59.1 Å². The minimum atomic E-state index is -3.44. The number of unbranched alkanes of at least 4 members (excludes halogenated alkanes) is 2. The quantitative estimate of drug-likeness (QED) is 0.626. The second-order valence-electron chi connectivity index (χ2n) is 7.84. The molecule has 0 atom stereocenters. The van der Waals surface area contributed by atoms with E-state index >= 15 is 0 Å². The second-order valence-corrected chi connectivity index (χ2v) is 10.0. The van der Waals surface area contributed by atoms with Gasteiger partial charge in [-0.3, -0.25) is 4.79 Å². The largest absolute Gasteiger partial charge is 0.444 e. The average Bonchev–Trinajstić information content (AvgIpc) is 2.54. The van der Waals surface area contributed by atoms with Gasteiger partial charge >= 0.3 is 6.09 Å². The Morgan fingerprint density at radius 3 is 2.39 bits per heavy atom. The van der Waals surface area contributed by atoms with Crippen LogP contribution in [-0.4, -0.2) is 49.5 Å². The standard InChI is InChI=1S/C20H32N2O5S/c1-6-7-10-13-28(25,26)15-18(23)21-17-12-9-8-11-16(17)14-22(5)19(24)27-20(2,3)4/h8-9,11-12H,6-7,10,13-15H2,1-5H3,(H,21,23). The van der Waals surface area contributed by atoms with Crippen molar-refractivity contribution in [3.05, 3.63) is 29.8 Å². The number of hydrogen-bond donors (Lipinski definition) is 1. The van der Waals surface area contributed by atoms with Crippen LogP contribution in [0.2, 0.25) is 0 Å². The van der Waals surface area contributed by atoms with E-state index in [0.29, 0.717) is 17.7 Å². The molecule has 158 valence electrons. The van der Waals surface area contributed by atoms with Gasteiger partial charge in [-0.25, -0.2) is 13.2 Å². The monoisotopic (exact) mass is 412 g/mol. The predicted molar refractivity (Wildman–Crippen MR) is 111 cm³/mol. The van der Waals surface area contributed by atoms with Crippen molar-refractivity contribution >= 4 is 27.5 Å². The number of benzene rings is 1. The molecule has 0 saturated heterocycles. The Bertz CT molecular complexity index is 769. The summed E-state index contributed by atoms with van der Waals surface area (Å²) in [6.07, 6.45) is 1.82. The molecule has 0 aliphatic rings. The molecule has 7 nitrogen and oxygen atoms in total. The Hall–Kier alpha value is -2.09. The lowest BCUT2D eigenvalue weighted by atomic mass is 10.1. The van der Waals surface area contributed by atoms with Crippen molar-refractivity contribution in [1.29, 1.82) is 0 Å². The van der Waals surface area contributed by atoms with E-state index in [0.717, 1.165) is 12.8 Å². The number of carbonyl (C=O) groups excluding carboxylic acids is 2. The Kier molecular flexibility index (Phi) is 8.94. The van der Waals surface area contributed by atoms with Gasteiger partial charge in [0.1, 0.15) is 11.4 Å². The maximum Gasteiger partial charge on any atom is 0.410 e. The molecule has 28 heavy (non-hydrogen) atoms. The van der Waals surface area contributed by atoms with Crippen molar-refractivity contribution in [2.75, 3.05) is 23.9 Å². The van der Waals surface area contributed by atoms with Crippen molar-refractivity contribution < 1.29 is 22.7 Å². The van der Waals surface area contributed by atoms with E-state index < -0.39 is 33.2 Å². The average molecular weight is 413 g/mol. The van der Waals surface area contributed by atoms with E-state index in [9.17, 15) is 18.0 Å². The third kappa shape index (κ3) is 9.21. The summed E-state index contributed by atoms with van der Waals surface area (Å²) in [5.41, 5.74) is 0.560. The zero-order chi connectivity index (χ0) is 21.4. The summed E-state index contributed by atoms with van der Waals surface area (Å²) < 4.78 is 29.4. The number of nitrogens with one attached hydrogen (secondary N) is 1. The van der Waals surface area contributed by atoms with Crippen LogP contribution in [0, 0.1) is 0 Å². The molecule has 0 fully saturated rings. The molecular weight excluding hydrogens is 380 g/mol. The summed E-state index contributed by atoms with van der Waals surface area (Å²) in [6.45, 7) is 7.56. The molecule has 1 aromatic carbocycles. The topological polar surface area (TPSA) is 92.8 Å². The summed E-state index contributed by atoms with van der Waals surface area (Å²) in [6, 6.07) is 6.98. The molecule has 1 aromatic rings. The lowest BCUT2D eigenvalue weighted by Gasteiger charge is -2.25. The molecule has 0 aromatic heterocycles. The Labute approximate surface area is 168 Å². The van der Waals surface area contributed by atoms with Gasteiger partial charge in [0.05, 0.1) is 12.3 Å². The Morgan fingerprint density at radius 1 is 1.14 bits per heavy atom. The fourth-order valence-corrected chi connectivity index (χ4v) is 3.73. The van der Waals surface area contributed by atoms with Crippen molar-refractivity contribution in [3.63, 3.8) is 0 Å². The number of para-hydroxylation sites is 1. The van der Waals surface area contributed by atoms with Crippen molar-refractivity contribution in [3.8, 4) is 0 Å². The van der Waals surface area contributed by atoms with Gasteiger partial charge in [0.15, 0.2) is 9.84 Å². The van der Waals surface area contributed by atoms with Crippen LogP contribution in [0.5, 0.6) is 0 Å². The minimum Gasteiger partial charge on any atom is -0.444 e. The number of amides is 2. The van der Waals surface area contributed by atoms with E-state index in [1.807, 2.05) is 6.92 Å². The molecule has 2 amide bonds. The zero-order valence-electron chi connectivity index (χ0n) is 17.4. The molecule has 0 heterocycles. The molecule has 0 saturated carbocycles. The number of nitrogens with zero attached hydrogens (tertiary/aromatic N) is 1. The summed E-state index contributed by atoms with van der Waals surface area (Å²) in [7, 11) is -1.84. The number of hydrogen-bond acceptors (Lipinski definition) is 5. The first-order valence-electron chi connectivity index (χ1n) is 9.46. The smallest absolute Gasteiger partial charge is 0.410 e. The SMILES string of the molecule is CCCCCS(=O)(=O)CC(=O)Nc1ccccc1CN(C)C(=O)OC(C)(C)C. The van der Waals surface area contributed by atoms with E-state index in [1.54, 1.807) is 52.1 Å². The molecule has 0 unspecified atom stereocenters. The van der Waals surface area contributed by atoms with Gasteiger partial charge < -0.3 is 15.0 Å². The van der Waals surface area contributed by atoms with Crippen LogP contribution >= 0.6 is 0 Å². The third-order valence-corrected chi connectivity index (χ3v) is 5.43. The first kappa shape index (κ1) is 23.9. The molecule has 1 rings (SSSR count). The molecular formula is C20H32N2O5S. The van der Waals surface area contributed by atoms with Gasteiger partial charge in [-0.1, -0.05) is 38.0 Å². The Balaban J connectivity index is 2.75. The first-order valence-corrected chi connectivity index (χ1v) is 11.3. The third-order valence-electron chi connectivity index (χ3n) is 3.81. The van der Waals surface area contributed by atoms with Crippen LogP contribution in [0.15, 0.2) is 24.3 Å². The number of anilines is 1. The highest BCUT2D eigenvalue weighted by Crippen LogP contribution is 2.18. The van der Waals surface area contributed by atoms with Crippen LogP contribution in [0.4, 0.5) is 10.5 Å². The molecule has 0 bridgehead atoms. The van der Waals surface area contributed by atoms with Gasteiger partial charge in [-0.15, -0.1) is 0 Å².